The molecule has 0 spiro atoms. The Morgan fingerprint density at radius 2 is 1.71 bits per heavy atom. The standard InChI is InChI=1S/C14H22N2O5S2Si/c1-24(2,3)11-10-22(19,20)15-23(21,14-8-9-14)13-6-4-12(5-7-13)16(17)18/h4-7,14H,8-11H2,1-3H3. The molecule has 0 radical (unpaired) electrons. The molecule has 1 fully saturated rings. The number of sulfonamides is 1. The zero-order valence-corrected chi connectivity index (χ0v) is 16.6. The van der Waals surface area contributed by atoms with Gasteiger partial charge in [0.2, 0.25) is 0 Å². The molecule has 1 saturated carbocycles. The lowest BCUT2D eigenvalue weighted by atomic mass is 10.3. The van der Waals surface area contributed by atoms with Crippen molar-refractivity contribution >= 4 is 33.5 Å². The highest BCUT2D eigenvalue weighted by Gasteiger charge is 2.37. The van der Waals surface area contributed by atoms with Crippen molar-refractivity contribution in [1.29, 1.82) is 0 Å². The van der Waals surface area contributed by atoms with Gasteiger partial charge < -0.3 is 0 Å². The first kappa shape index (κ1) is 19.1. The van der Waals surface area contributed by atoms with Gasteiger partial charge in [-0.25, -0.2) is 12.6 Å². The maximum Gasteiger partial charge on any atom is 0.269 e. The first-order valence-corrected chi connectivity index (χ1v) is 14.6. The Balaban J connectivity index is 2.40. The third kappa shape index (κ3) is 4.87. The van der Waals surface area contributed by atoms with Gasteiger partial charge in [-0.2, -0.15) is 0 Å². The molecule has 0 aromatic heterocycles. The van der Waals surface area contributed by atoms with Crippen molar-refractivity contribution in [2.24, 2.45) is 3.77 Å². The number of benzene rings is 1. The molecule has 1 aliphatic rings. The monoisotopic (exact) mass is 390 g/mol. The molecule has 24 heavy (non-hydrogen) atoms. The van der Waals surface area contributed by atoms with E-state index in [0.717, 1.165) is 0 Å². The van der Waals surface area contributed by atoms with Crippen molar-refractivity contribution in [3.63, 3.8) is 0 Å². The van der Waals surface area contributed by atoms with E-state index in [-0.39, 0.29) is 21.6 Å². The van der Waals surface area contributed by atoms with Gasteiger partial charge in [-0.1, -0.05) is 19.6 Å². The minimum atomic E-state index is -3.80. The van der Waals surface area contributed by atoms with Crippen molar-refractivity contribution < 1.29 is 17.6 Å². The summed E-state index contributed by atoms with van der Waals surface area (Å²) in [5.74, 6) is -0.0978. The maximum atomic E-state index is 13.3. The molecule has 0 heterocycles. The van der Waals surface area contributed by atoms with Crippen molar-refractivity contribution in [3.8, 4) is 0 Å². The fourth-order valence-electron chi connectivity index (χ4n) is 2.09. The molecule has 0 N–H and O–H groups in total. The summed E-state index contributed by atoms with van der Waals surface area (Å²) in [6, 6.07) is 5.75. The average molecular weight is 391 g/mol. The molecular weight excluding hydrogens is 368 g/mol. The Labute approximate surface area is 143 Å². The number of hydrogen-bond acceptors (Lipinski definition) is 5. The maximum absolute atomic E-state index is 13.3. The van der Waals surface area contributed by atoms with Crippen LogP contribution < -0.4 is 0 Å². The summed E-state index contributed by atoms with van der Waals surface area (Å²) >= 11 is 0. The van der Waals surface area contributed by atoms with E-state index in [1.807, 2.05) is 0 Å². The van der Waals surface area contributed by atoms with E-state index in [2.05, 4.69) is 23.4 Å². The zero-order chi connectivity index (χ0) is 18.2. The van der Waals surface area contributed by atoms with Crippen LogP contribution in [0.3, 0.4) is 0 Å². The fraction of sp³-hybridized carbons (Fsp3) is 0.571. The van der Waals surface area contributed by atoms with Gasteiger partial charge in [0.1, 0.15) is 0 Å². The summed E-state index contributed by atoms with van der Waals surface area (Å²) in [4.78, 5) is 10.4. The lowest BCUT2D eigenvalue weighted by molar-refractivity contribution is -0.384. The first-order valence-electron chi connectivity index (χ1n) is 7.67. The molecule has 0 bridgehead atoms. The van der Waals surface area contributed by atoms with E-state index in [1.165, 1.54) is 24.3 Å². The minimum absolute atomic E-state index is 0.0978. The summed E-state index contributed by atoms with van der Waals surface area (Å²) in [5, 5.41) is 10.4. The van der Waals surface area contributed by atoms with Gasteiger partial charge in [0, 0.05) is 30.4 Å². The van der Waals surface area contributed by atoms with Gasteiger partial charge in [0.25, 0.3) is 15.7 Å². The van der Waals surface area contributed by atoms with E-state index in [0.29, 0.717) is 18.9 Å². The SMILES string of the molecule is C[Si](C)(C)CCS(=O)(=O)N=S(=O)(c1ccc([N+](=O)[O-])cc1)C1CC1. The number of nitrogens with zero attached hydrogens (tertiary/aromatic N) is 2. The van der Waals surface area contributed by atoms with Crippen LogP contribution in [0.5, 0.6) is 0 Å². The molecule has 0 aliphatic heterocycles. The molecule has 2 rings (SSSR count). The van der Waals surface area contributed by atoms with Gasteiger partial charge in [0.15, 0.2) is 0 Å². The van der Waals surface area contributed by atoms with Crippen LogP contribution in [0, 0.1) is 10.1 Å². The van der Waals surface area contributed by atoms with Crippen LogP contribution in [0.25, 0.3) is 0 Å². The number of nitro groups is 1. The van der Waals surface area contributed by atoms with E-state index in [9.17, 15) is 22.7 Å². The third-order valence-corrected chi connectivity index (χ3v) is 10.6. The minimum Gasteiger partial charge on any atom is -0.258 e. The van der Waals surface area contributed by atoms with Gasteiger partial charge in [0.05, 0.1) is 20.4 Å². The van der Waals surface area contributed by atoms with E-state index >= 15 is 0 Å². The summed E-state index contributed by atoms with van der Waals surface area (Å²) in [5.41, 5.74) is -0.127. The van der Waals surface area contributed by atoms with Crippen LogP contribution in [0.2, 0.25) is 25.7 Å². The Bertz CT molecular complexity index is 846. The summed E-state index contributed by atoms with van der Waals surface area (Å²) in [7, 11) is -8.47. The fourth-order valence-corrected chi connectivity index (χ4v) is 9.73. The zero-order valence-electron chi connectivity index (χ0n) is 14.0. The molecule has 1 atom stereocenters. The number of hydrogen-bond donors (Lipinski definition) is 0. The van der Waals surface area contributed by atoms with E-state index in [4.69, 9.17) is 0 Å². The highest BCUT2D eigenvalue weighted by atomic mass is 32.3. The molecule has 1 unspecified atom stereocenters. The van der Waals surface area contributed by atoms with E-state index < -0.39 is 32.7 Å². The summed E-state index contributed by atoms with van der Waals surface area (Å²) in [6.07, 6.45) is 1.31. The number of rotatable bonds is 7. The normalized spacial score (nSPS) is 18.0. The van der Waals surface area contributed by atoms with Crippen molar-refractivity contribution in [1.82, 2.24) is 0 Å². The Hall–Kier alpha value is -1.26. The van der Waals surface area contributed by atoms with Gasteiger partial charge in [-0.05, 0) is 31.0 Å². The quantitative estimate of drug-likeness (QED) is 0.403. The summed E-state index contributed by atoms with van der Waals surface area (Å²) in [6.45, 7) is 6.20. The lowest BCUT2D eigenvalue weighted by Crippen LogP contribution is -2.24. The van der Waals surface area contributed by atoms with Crippen LogP contribution in [-0.4, -0.2) is 36.6 Å². The van der Waals surface area contributed by atoms with Gasteiger partial charge in [-0.15, -0.1) is 3.77 Å². The molecule has 1 aromatic carbocycles. The average Bonchev–Trinajstić information content (AvgIpc) is 3.29. The van der Waals surface area contributed by atoms with Crippen molar-refractivity contribution in [2.75, 3.05) is 5.75 Å². The molecular formula is C14H22N2O5S2Si. The second kappa shape index (κ2) is 6.56. The second-order valence-corrected chi connectivity index (χ2v) is 17.3. The molecule has 1 aliphatic carbocycles. The molecule has 7 nitrogen and oxygen atoms in total. The van der Waals surface area contributed by atoms with Crippen LogP contribution in [-0.2, 0) is 19.8 Å². The van der Waals surface area contributed by atoms with E-state index in [1.54, 1.807) is 0 Å². The lowest BCUT2D eigenvalue weighted by Gasteiger charge is -2.15. The van der Waals surface area contributed by atoms with Crippen molar-refractivity contribution in [2.45, 2.75) is 48.7 Å². The van der Waals surface area contributed by atoms with Gasteiger partial charge in [-0.3, -0.25) is 10.1 Å². The Kier molecular flexibility index (Phi) is 5.21. The summed E-state index contributed by atoms with van der Waals surface area (Å²) < 4.78 is 41.8. The third-order valence-electron chi connectivity index (χ3n) is 3.70. The van der Waals surface area contributed by atoms with Crippen LogP contribution in [0.15, 0.2) is 32.9 Å². The highest BCUT2D eigenvalue weighted by Crippen LogP contribution is 2.36. The largest absolute Gasteiger partial charge is 0.269 e. The topological polar surface area (TPSA) is 107 Å². The molecule has 0 amide bonds. The predicted molar refractivity (Wildman–Crippen MR) is 96.9 cm³/mol. The number of non-ortho nitro benzene ring substituents is 1. The molecule has 0 saturated heterocycles. The van der Waals surface area contributed by atoms with Crippen molar-refractivity contribution in [3.05, 3.63) is 34.4 Å². The molecule has 134 valence electrons. The Morgan fingerprint density at radius 3 is 2.12 bits per heavy atom. The smallest absolute Gasteiger partial charge is 0.258 e. The predicted octanol–water partition coefficient (Wildman–Crippen LogP) is 3.25. The first-order chi connectivity index (χ1) is 10.9. The van der Waals surface area contributed by atoms with Crippen LogP contribution >= 0.6 is 0 Å². The highest BCUT2D eigenvalue weighted by molar-refractivity contribution is 8.03. The Morgan fingerprint density at radius 1 is 1.17 bits per heavy atom. The van der Waals surface area contributed by atoms with Gasteiger partial charge >= 0.3 is 0 Å². The van der Waals surface area contributed by atoms with Crippen LogP contribution in [0.1, 0.15) is 12.8 Å². The second-order valence-electron chi connectivity index (χ2n) is 7.19. The number of nitro benzene ring substituents is 1. The molecule has 1 aromatic rings. The van der Waals surface area contributed by atoms with Crippen LogP contribution in [0.4, 0.5) is 5.69 Å². The molecule has 10 heteroatoms.